The van der Waals surface area contributed by atoms with Gasteiger partial charge in [0.25, 0.3) is 0 Å². The smallest absolute Gasteiger partial charge is 0.126 e. The van der Waals surface area contributed by atoms with Crippen LogP contribution in [0.3, 0.4) is 0 Å². The third-order valence-electron chi connectivity index (χ3n) is 3.01. The van der Waals surface area contributed by atoms with Crippen molar-refractivity contribution >= 4 is 27.3 Å². The van der Waals surface area contributed by atoms with E-state index in [-0.39, 0.29) is 6.04 Å². The molecule has 0 aromatic carbocycles. The molecule has 1 N–H and O–H groups in total. The molecule has 2 aromatic rings. The lowest BCUT2D eigenvalue weighted by Gasteiger charge is -2.15. The molecule has 0 radical (unpaired) electrons. The van der Waals surface area contributed by atoms with Crippen LogP contribution in [-0.4, -0.2) is 6.54 Å². The molecule has 1 atom stereocenters. The Bertz CT molecular complexity index is 532. The van der Waals surface area contributed by atoms with Gasteiger partial charge in [0.1, 0.15) is 17.6 Å². The van der Waals surface area contributed by atoms with Crippen molar-refractivity contribution in [3.05, 3.63) is 43.9 Å². The first kappa shape index (κ1) is 14.8. The molecular weight excluding hydrogens is 322 g/mol. The van der Waals surface area contributed by atoms with E-state index in [4.69, 9.17) is 4.42 Å². The summed E-state index contributed by atoms with van der Waals surface area (Å²) in [6.45, 7) is 7.41. The maximum Gasteiger partial charge on any atom is 0.126 e. The summed E-state index contributed by atoms with van der Waals surface area (Å²) in [6.07, 6.45) is 2.05. The lowest BCUT2D eigenvalue weighted by Crippen LogP contribution is -2.22. The molecule has 19 heavy (non-hydrogen) atoms. The van der Waals surface area contributed by atoms with E-state index in [0.717, 1.165) is 35.4 Å². The summed E-state index contributed by atoms with van der Waals surface area (Å²) in [5, 5.41) is 3.58. The Morgan fingerprint density at radius 1 is 1.37 bits per heavy atom. The number of halogens is 1. The topological polar surface area (TPSA) is 25.2 Å². The van der Waals surface area contributed by atoms with E-state index in [1.165, 1.54) is 9.75 Å². The van der Waals surface area contributed by atoms with Crippen molar-refractivity contribution in [2.75, 3.05) is 6.54 Å². The Balaban J connectivity index is 2.32. The summed E-state index contributed by atoms with van der Waals surface area (Å²) < 4.78 is 7.10. The Morgan fingerprint density at radius 2 is 2.16 bits per heavy atom. The van der Waals surface area contributed by atoms with Crippen LogP contribution in [0.5, 0.6) is 0 Å². The number of aryl methyl sites for hydroxylation is 2. The van der Waals surface area contributed by atoms with Crippen LogP contribution in [0.15, 0.2) is 27.1 Å². The zero-order chi connectivity index (χ0) is 13.8. The molecule has 2 aromatic heterocycles. The van der Waals surface area contributed by atoms with Crippen molar-refractivity contribution in [3.63, 3.8) is 0 Å². The highest BCUT2D eigenvalue weighted by Gasteiger charge is 2.21. The number of thiophene rings is 1. The molecule has 0 amide bonds. The van der Waals surface area contributed by atoms with Gasteiger partial charge < -0.3 is 9.73 Å². The second-order valence-corrected chi connectivity index (χ2v) is 6.76. The van der Waals surface area contributed by atoms with Crippen LogP contribution in [0.1, 0.15) is 47.6 Å². The number of hydrogen-bond acceptors (Lipinski definition) is 3. The summed E-state index contributed by atoms with van der Waals surface area (Å²) >= 11 is 5.47. The second-order valence-electron chi connectivity index (χ2n) is 4.61. The molecule has 0 bridgehead atoms. The van der Waals surface area contributed by atoms with Crippen molar-refractivity contribution in [3.8, 4) is 0 Å². The third-order valence-corrected chi connectivity index (χ3v) is 5.05. The van der Waals surface area contributed by atoms with Gasteiger partial charge in [0.15, 0.2) is 0 Å². The molecule has 0 aliphatic rings. The maximum atomic E-state index is 5.93. The number of hydrogen-bond donors (Lipinski definition) is 1. The average Bonchev–Trinajstić information content (AvgIpc) is 2.97. The fraction of sp³-hybridized carbons (Fsp3) is 0.467. The highest BCUT2D eigenvalue weighted by Crippen LogP contribution is 2.36. The molecular formula is C15H20BrNOS. The quantitative estimate of drug-likeness (QED) is 0.793. The highest BCUT2D eigenvalue weighted by molar-refractivity contribution is 9.10. The van der Waals surface area contributed by atoms with Crippen molar-refractivity contribution in [1.82, 2.24) is 5.32 Å². The van der Waals surface area contributed by atoms with Gasteiger partial charge in [0.2, 0.25) is 0 Å². The predicted octanol–water partition coefficient (Wildman–Crippen LogP) is 5.06. The van der Waals surface area contributed by atoms with Crippen LogP contribution in [0.25, 0.3) is 0 Å². The molecule has 2 heterocycles. The standard InChI is InChI=1S/C15H20BrNOS/c1-4-8-17-14(13-7-6-11(5-2)18-13)15-12(16)9-10(3)19-15/h6-7,9,14,17H,4-5,8H2,1-3H3. The first-order valence-electron chi connectivity index (χ1n) is 6.73. The van der Waals surface area contributed by atoms with Crippen LogP contribution in [0, 0.1) is 6.92 Å². The van der Waals surface area contributed by atoms with Gasteiger partial charge in [-0.3, -0.25) is 0 Å². The van der Waals surface area contributed by atoms with E-state index in [1.807, 2.05) is 11.3 Å². The van der Waals surface area contributed by atoms with E-state index in [0.29, 0.717) is 0 Å². The fourth-order valence-corrected chi connectivity index (χ4v) is 4.01. The molecule has 4 heteroatoms. The molecule has 0 fully saturated rings. The molecule has 0 spiro atoms. The van der Waals surface area contributed by atoms with E-state index in [9.17, 15) is 0 Å². The normalized spacial score (nSPS) is 12.8. The minimum atomic E-state index is 0.147. The van der Waals surface area contributed by atoms with Gasteiger partial charge in [0.05, 0.1) is 0 Å². The highest BCUT2D eigenvalue weighted by atomic mass is 79.9. The van der Waals surface area contributed by atoms with Crippen molar-refractivity contribution < 1.29 is 4.42 Å². The number of furan rings is 1. The fourth-order valence-electron chi connectivity index (χ4n) is 2.05. The molecule has 104 valence electrons. The summed E-state index contributed by atoms with van der Waals surface area (Å²) in [5.41, 5.74) is 0. The zero-order valence-electron chi connectivity index (χ0n) is 11.6. The Hall–Kier alpha value is -0.580. The zero-order valence-corrected chi connectivity index (χ0v) is 14.0. The largest absolute Gasteiger partial charge is 0.464 e. The van der Waals surface area contributed by atoms with Gasteiger partial charge in [0, 0.05) is 20.6 Å². The monoisotopic (exact) mass is 341 g/mol. The molecule has 0 aliphatic carbocycles. The van der Waals surface area contributed by atoms with Crippen LogP contribution >= 0.6 is 27.3 Å². The van der Waals surface area contributed by atoms with Crippen molar-refractivity contribution in [2.45, 2.75) is 39.7 Å². The van der Waals surface area contributed by atoms with Crippen molar-refractivity contribution in [1.29, 1.82) is 0 Å². The molecule has 0 saturated heterocycles. The minimum absolute atomic E-state index is 0.147. The van der Waals surface area contributed by atoms with Crippen LogP contribution in [0.2, 0.25) is 0 Å². The molecule has 2 rings (SSSR count). The summed E-state index contributed by atoms with van der Waals surface area (Å²) in [7, 11) is 0. The average molecular weight is 342 g/mol. The molecule has 1 unspecified atom stereocenters. The number of nitrogens with one attached hydrogen (secondary N) is 1. The Labute approximate surface area is 127 Å². The lowest BCUT2D eigenvalue weighted by atomic mass is 10.2. The van der Waals surface area contributed by atoms with Crippen molar-refractivity contribution in [2.24, 2.45) is 0 Å². The van der Waals surface area contributed by atoms with E-state index < -0.39 is 0 Å². The number of rotatable bonds is 6. The minimum Gasteiger partial charge on any atom is -0.464 e. The summed E-state index contributed by atoms with van der Waals surface area (Å²) in [6, 6.07) is 6.48. The molecule has 0 aliphatic heterocycles. The van der Waals surface area contributed by atoms with Gasteiger partial charge in [-0.25, -0.2) is 0 Å². The second kappa shape index (κ2) is 6.73. The third kappa shape index (κ3) is 3.50. The van der Waals surface area contributed by atoms with Gasteiger partial charge in [-0.2, -0.15) is 0 Å². The van der Waals surface area contributed by atoms with Gasteiger partial charge in [-0.05, 0) is 54.0 Å². The maximum absolute atomic E-state index is 5.93. The van der Waals surface area contributed by atoms with Crippen LogP contribution in [0.4, 0.5) is 0 Å². The van der Waals surface area contributed by atoms with Gasteiger partial charge >= 0.3 is 0 Å². The first-order chi connectivity index (χ1) is 9.15. The van der Waals surface area contributed by atoms with Gasteiger partial charge in [-0.1, -0.05) is 13.8 Å². The van der Waals surface area contributed by atoms with E-state index in [2.05, 4.69) is 60.2 Å². The predicted molar refractivity (Wildman–Crippen MR) is 85.0 cm³/mol. The first-order valence-corrected chi connectivity index (χ1v) is 8.34. The van der Waals surface area contributed by atoms with E-state index >= 15 is 0 Å². The van der Waals surface area contributed by atoms with Crippen LogP contribution in [-0.2, 0) is 6.42 Å². The summed E-state index contributed by atoms with van der Waals surface area (Å²) in [5.74, 6) is 2.05. The Morgan fingerprint density at radius 3 is 2.68 bits per heavy atom. The van der Waals surface area contributed by atoms with Gasteiger partial charge in [-0.15, -0.1) is 11.3 Å². The molecule has 0 saturated carbocycles. The Kier molecular flexibility index (Phi) is 5.25. The van der Waals surface area contributed by atoms with E-state index in [1.54, 1.807) is 0 Å². The lowest BCUT2D eigenvalue weighted by molar-refractivity contribution is 0.424. The van der Waals surface area contributed by atoms with Crippen LogP contribution < -0.4 is 5.32 Å². The SMILES string of the molecule is CCCNC(c1ccc(CC)o1)c1sc(C)cc1Br. The summed E-state index contributed by atoms with van der Waals surface area (Å²) in [4.78, 5) is 2.61. The molecule has 2 nitrogen and oxygen atoms in total.